The SMILES string of the molecule is COc1ccc(S(=O)(=O)NC2CCCCC2)c(N=Nc2c(C)nn(-c3ccccc3)c2N)c1. The van der Waals surface area contributed by atoms with Crippen LogP contribution in [0.2, 0.25) is 0 Å². The number of anilines is 1. The van der Waals surface area contributed by atoms with Crippen LogP contribution in [0.15, 0.2) is 63.7 Å². The first-order chi connectivity index (χ1) is 15.9. The van der Waals surface area contributed by atoms with Gasteiger partial charge in [0, 0.05) is 12.1 Å². The molecule has 0 saturated heterocycles. The number of nitrogens with one attached hydrogen (secondary N) is 1. The molecule has 0 spiro atoms. The molecule has 1 aliphatic carbocycles. The van der Waals surface area contributed by atoms with Crippen molar-refractivity contribution < 1.29 is 13.2 Å². The van der Waals surface area contributed by atoms with Crippen molar-refractivity contribution in [3.8, 4) is 11.4 Å². The summed E-state index contributed by atoms with van der Waals surface area (Å²) >= 11 is 0. The van der Waals surface area contributed by atoms with Gasteiger partial charge in [0.25, 0.3) is 0 Å². The molecule has 1 heterocycles. The number of aryl methyl sites for hydroxylation is 1. The maximum Gasteiger partial charge on any atom is 0.243 e. The number of rotatable bonds is 7. The van der Waals surface area contributed by atoms with Gasteiger partial charge < -0.3 is 10.5 Å². The molecule has 1 aromatic heterocycles. The van der Waals surface area contributed by atoms with Crippen LogP contribution in [-0.2, 0) is 10.0 Å². The van der Waals surface area contributed by atoms with Crippen molar-refractivity contribution in [2.45, 2.75) is 50.0 Å². The van der Waals surface area contributed by atoms with Crippen LogP contribution in [0.5, 0.6) is 5.75 Å². The second kappa shape index (κ2) is 9.72. The molecule has 2 aromatic carbocycles. The average Bonchev–Trinajstić information content (AvgIpc) is 3.11. The molecule has 33 heavy (non-hydrogen) atoms. The average molecular weight is 469 g/mol. The van der Waals surface area contributed by atoms with Gasteiger partial charge in [-0.2, -0.15) is 5.10 Å². The number of ether oxygens (including phenoxy) is 1. The third kappa shape index (κ3) is 5.07. The number of para-hydroxylation sites is 1. The van der Waals surface area contributed by atoms with Crippen molar-refractivity contribution in [2.24, 2.45) is 10.2 Å². The molecule has 1 fully saturated rings. The number of nitrogens with two attached hydrogens (primary N) is 1. The highest BCUT2D eigenvalue weighted by Gasteiger charge is 2.25. The van der Waals surface area contributed by atoms with Gasteiger partial charge in [0.05, 0.1) is 18.5 Å². The summed E-state index contributed by atoms with van der Waals surface area (Å²) in [5.41, 5.74) is 8.21. The van der Waals surface area contributed by atoms with E-state index >= 15 is 0 Å². The van der Waals surface area contributed by atoms with Gasteiger partial charge in [0.1, 0.15) is 16.3 Å². The van der Waals surface area contributed by atoms with Gasteiger partial charge in [-0.05, 0) is 44.0 Å². The number of nitrogens with zero attached hydrogens (tertiary/aromatic N) is 4. The van der Waals surface area contributed by atoms with Crippen molar-refractivity contribution in [3.63, 3.8) is 0 Å². The Morgan fingerprint density at radius 2 is 1.82 bits per heavy atom. The van der Waals surface area contributed by atoms with E-state index in [9.17, 15) is 8.42 Å². The zero-order chi connectivity index (χ0) is 23.4. The zero-order valence-corrected chi connectivity index (χ0v) is 19.5. The number of azo groups is 1. The smallest absolute Gasteiger partial charge is 0.243 e. The molecule has 3 N–H and O–H groups in total. The fourth-order valence-electron chi connectivity index (χ4n) is 3.96. The normalized spacial score (nSPS) is 15.2. The molecule has 4 rings (SSSR count). The van der Waals surface area contributed by atoms with Crippen LogP contribution in [0.4, 0.5) is 17.2 Å². The molecule has 174 valence electrons. The van der Waals surface area contributed by atoms with Crippen molar-refractivity contribution in [2.75, 3.05) is 12.8 Å². The van der Waals surface area contributed by atoms with Crippen LogP contribution in [0.25, 0.3) is 5.69 Å². The van der Waals surface area contributed by atoms with Crippen LogP contribution in [0.1, 0.15) is 37.8 Å². The maximum atomic E-state index is 13.2. The minimum atomic E-state index is -3.79. The Morgan fingerprint density at radius 1 is 1.09 bits per heavy atom. The molecule has 0 radical (unpaired) electrons. The van der Waals surface area contributed by atoms with Crippen molar-refractivity contribution in [1.29, 1.82) is 0 Å². The number of hydrogen-bond acceptors (Lipinski definition) is 7. The molecule has 0 amide bonds. The lowest BCUT2D eigenvalue weighted by Gasteiger charge is -2.22. The largest absolute Gasteiger partial charge is 0.497 e. The van der Waals surface area contributed by atoms with Crippen LogP contribution in [0, 0.1) is 6.92 Å². The van der Waals surface area contributed by atoms with Crippen molar-refractivity contribution in [1.82, 2.24) is 14.5 Å². The van der Waals surface area contributed by atoms with Gasteiger partial charge in [-0.15, -0.1) is 10.2 Å². The number of nitrogen functional groups attached to an aromatic ring is 1. The lowest BCUT2D eigenvalue weighted by Crippen LogP contribution is -2.36. The minimum Gasteiger partial charge on any atom is -0.497 e. The molecule has 0 unspecified atom stereocenters. The van der Waals surface area contributed by atoms with E-state index in [2.05, 4.69) is 20.0 Å². The highest BCUT2D eigenvalue weighted by atomic mass is 32.2. The third-order valence-corrected chi connectivity index (χ3v) is 7.27. The van der Waals surface area contributed by atoms with Gasteiger partial charge >= 0.3 is 0 Å². The van der Waals surface area contributed by atoms with E-state index in [1.54, 1.807) is 23.7 Å². The summed E-state index contributed by atoms with van der Waals surface area (Å²) in [6, 6.07) is 14.0. The molecule has 9 nitrogen and oxygen atoms in total. The standard InChI is InChI=1S/C23H28N6O3S/c1-16-22(23(24)29(27-16)18-11-7-4-8-12-18)26-25-20-15-19(32-2)13-14-21(20)33(30,31)28-17-9-5-3-6-10-17/h4,7-8,11-15,17,28H,3,5-6,9-10,24H2,1-2H3. The molecular weight excluding hydrogens is 440 g/mol. The first-order valence-corrected chi connectivity index (χ1v) is 12.4. The van der Waals surface area contributed by atoms with Gasteiger partial charge in [-0.1, -0.05) is 37.5 Å². The summed E-state index contributed by atoms with van der Waals surface area (Å²) < 4.78 is 36.0. The molecular formula is C23H28N6O3S. The monoisotopic (exact) mass is 468 g/mol. The van der Waals surface area contributed by atoms with Gasteiger partial charge in [-0.3, -0.25) is 0 Å². The molecule has 3 aromatic rings. The Hall–Kier alpha value is -3.24. The van der Waals surface area contributed by atoms with Crippen LogP contribution in [0.3, 0.4) is 0 Å². The second-order valence-electron chi connectivity index (χ2n) is 8.06. The quantitative estimate of drug-likeness (QED) is 0.482. The van der Waals surface area contributed by atoms with E-state index in [1.165, 1.54) is 13.2 Å². The minimum absolute atomic E-state index is 0.0456. The van der Waals surface area contributed by atoms with Gasteiger partial charge in [0.15, 0.2) is 11.5 Å². The number of aromatic nitrogens is 2. The van der Waals surface area contributed by atoms with E-state index in [1.807, 2.05) is 30.3 Å². The molecule has 0 bridgehead atoms. The summed E-state index contributed by atoms with van der Waals surface area (Å²) in [6.07, 6.45) is 4.84. The summed E-state index contributed by atoms with van der Waals surface area (Å²) in [4.78, 5) is 0.0456. The molecule has 1 saturated carbocycles. The number of methoxy groups -OCH3 is 1. The number of benzene rings is 2. The third-order valence-electron chi connectivity index (χ3n) is 5.70. The fraction of sp³-hybridized carbons (Fsp3) is 0.348. The maximum absolute atomic E-state index is 13.2. The van der Waals surface area contributed by atoms with E-state index in [4.69, 9.17) is 10.5 Å². The van der Waals surface area contributed by atoms with Gasteiger partial charge in [-0.25, -0.2) is 17.8 Å². The Morgan fingerprint density at radius 3 is 2.52 bits per heavy atom. The summed E-state index contributed by atoms with van der Waals surface area (Å²) in [5.74, 6) is 0.792. The highest BCUT2D eigenvalue weighted by molar-refractivity contribution is 7.89. The Bertz CT molecular complexity index is 1250. The van der Waals surface area contributed by atoms with E-state index in [-0.39, 0.29) is 16.6 Å². The summed E-state index contributed by atoms with van der Waals surface area (Å²) in [6.45, 7) is 1.78. The first kappa shape index (κ1) is 22.9. The zero-order valence-electron chi connectivity index (χ0n) is 18.7. The van der Waals surface area contributed by atoms with Crippen LogP contribution in [-0.4, -0.2) is 31.3 Å². The lowest BCUT2D eigenvalue weighted by atomic mass is 9.96. The van der Waals surface area contributed by atoms with E-state index in [0.717, 1.165) is 37.8 Å². The predicted octanol–water partition coefficient (Wildman–Crippen LogP) is 4.80. The van der Waals surface area contributed by atoms with Crippen molar-refractivity contribution in [3.05, 3.63) is 54.2 Å². The Balaban J connectivity index is 1.69. The Labute approximate surface area is 193 Å². The molecule has 10 heteroatoms. The molecule has 0 atom stereocenters. The Kier molecular flexibility index (Phi) is 6.75. The van der Waals surface area contributed by atoms with Crippen LogP contribution < -0.4 is 15.2 Å². The number of hydrogen-bond donors (Lipinski definition) is 2. The molecule has 0 aliphatic heterocycles. The molecule has 1 aliphatic rings. The topological polar surface area (TPSA) is 124 Å². The van der Waals surface area contributed by atoms with Crippen LogP contribution >= 0.6 is 0 Å². The second-order valence-corrected chi connectivity index (χ2v) is 9.74. The lowest BCUT2D eigenvalue weighted by molar-refractivity contribution is 0.411. The van der Waals surface area contributed by atoms with Gasteiger partial charge in [0.2, 0.25) is 10.0 Å². The first-order valence-electron chi connectivity index (χ1n) is 10.9. The van der Waals surface area contributed by atoms with E-state index < -0.39 is 10.0 Å². The van der Waals surface area contributed by atoms with Crippen molar-refractivity contribution >= 4 is 27.2 Å². The number of sulfonamides is 1. The predicted molar refractivity (Wildman–Crippen MR) is 127 cm³/mol. The summed E-state index contributed by atoms with van der Waals surface area (Å²) in [7, 11) is -2.28. The van der Waals surface area contributed by atoms with E-state index in [0.29, 0.717) is 22.9 Å². The highest BCUT2D eigenvalue weighted by Crippen LogP contribution is 2.34. The summed E-state index contributed by atoms with van der Waals surface area (Å²) in [5, 5.41) is 13.0. The fourth-order valence-corrected chi connectivity index (χ4v) is 5.39.